The molecule has 1 aromatic carbocycles. The Hall–Kier alpha value is -3.10. The Labute approximate surface area is 154 Å². The number of nitrogens with one attached hydrogen (secondary N) is 1. The van der Waals surface area contributed by atoms with Crippen molar-refractivity contribution >= 4 is 5.69 Å². The van der Waals surface area contributed by atoms with E-state index in [0.717, 1.165) is 0 Å². The number of aromatic nitrogens is 4. The van der Waals surface area contributed by atoms with Crippen molar-refractivity contribution in [2.24, 2.45) is 7.05 Å². The molecule has 27 heavy (non-hydrogen) atoms. The smallest absolute Gasteiger partial charge is 0.387 e. The summed E-state index contributed by atoms with van der Waals surface area (Å²) >= 11 is 0. The molecule has 0 amide bonds. The average molecular weight is 375 g/mol. The molecule has 0 saturated carbocycles. The molecule has 9 heteroatoms. The van der Waals surface area contributed by atoms with E-state index in [9.17, 15) is 8.78 Å². The molecule has 4 rings (SSSR count). The quantitative estimate of drug-likeness (QED) is 0.757. The second-order valence-electron chi connectivity index (χ2n) is 6.93. The topological polar surface area (TPSA) is 66.1 Å². The van der Waals surface area contributed by atoms with E-state index in [1.807, 2.05) is 13.8 Å². The van der Waals surface area contributed by atoms with Gasteiger partial charge in [0.2, 0.25) is 0 Å². The van der Waals surface area contributed by atoms with Gasteiger partial charge >= 0.3 is 6.61 Å². The number of benzene rings is 1. The zero-order valence-electron chi connectivity index (χ0n) is 15.1. The number of aryl methyl sites for hydroxylation is 1. The minimum atomic E-state index is -2.96. The van der Waals surface area contributed by atoms with Crippen LogP contribution in [0.3, 0.4) is 0 Å². The monoisotopic (exact) mass is 375 g/mol. The molecule has 142 valence electrons. The Morgan fingerprint density at radius 3 is 2.85 bits per heavy atom. The van der Waals surface area contributed by atoms with Crippen LogP contribution in [-0.4, -0.2) is 38.3 Å². The first-order valence-electron chi connectivity index (χ1n) is 8.42. The number of halogens is 2. The van der Waals surface area contributed by atoms with Gasteiger partial charge in [-0.3, -0.25) is 4.68 Å². The molecule has 0 bridgehead atoms. The summed E-state index contributed by atoms with van der Waals surface area (Å²) in [4.78, 5) is 0. The molecule has 2 aromatic heterocycles. The lowest BCUT2D eigenvalue weighted by Crippen LogP contribution is -2.40. The molecule has 1 aliphatic heterocycles. The van der Waals surface area contributed by atoms with Gasteiger partial charge in [0.15, 0.2) is 0 Å². The predicted molar refractivity (Wildman–Crippen MR) is 95.6 cm³/mol. The van der Waals surface area contributed by atoms with Gasteiger partial charge in [-0.15, -0.1) is 0 Å². The standard InChI is InChI=1S/C18H19F2N5O2/c1-18(2)10-21-12-8-14(26-17(19)20)11(7-15(12)27-18)16-13(9-24(3)23-16)25-6-4-5-22-25/h4-9,17,21H,10H2,1-3H3. The van der Waals surface area contributed by atoms with Crippen molar-refractivity contribution in [1.29, 1.82) is 0 Å². The summed E-state index contributed by atoms with van der Waals surface area (Å²) in [5, 5.41) is 11.9. The number of hydrogen-bond acceptors (Lipinski definition) is 5. The lowest BCUT2D eigenvalue weighted by molar-refractivity contribution is -0.0495. The summed E-state index contributed by atoms with van der Waals surface area (Å²) in [6, 6.07) is 4.97. The Morgan fingerprint density at radius 2 is 2.15 bits per heavy atom. The minimum absolute atomic E-state index is 0.0201. The Bertz CT molecular complexity index is 967. The van der Waals surface area contributed by atoms with Crippen molar-refractivity contribution in [2.75, 3.05) is 11.9 Å². The molecule has 7 nitrogen and oxygen atoms in total. The van der Waals surface area contributed by atoms with Crippen LogP contribution in [0.5, 0.6) is 11.5 Å². The van der Waals surface area contributed by atoms with Gasteiger partial charge in [-0.05, 0) is 26.0 Å². The number of anilines is 1. The molecule has 3 heterocycles. The molecule has 0 radical (unpaired) electrons. The average Bonchev–Trinajstić information content (AvgIpc) is 3.22. The summed E-state index contributed by atoms with van der Waals surface area (Å²) < 4.78 is 40.1. The number of hydrogen-bond donors (Lipinski definition) is 1. The van der Waals surface area contributed by atoms with Gasteiger partial charge in [-0.2, -0.15) is 19.0 Å². The Morgan fingerprint density at radius 1 is 1.33 bits per heavy atom. The number of ether oxygens (including phenoxy) is 2. The normalized spacial score (nSPS) is 15.2. The third-order valence-electron chi connectivity index (χ3n) is 4.20. The van der Waals surface area contributed by atoms with Crippen molar-refractivity contribution in [1.82, 2.24) is 19.6 Å². The van der Waals surface area contributed by atoms with E-state index in [1.165, 1.54) is 6.07 Å². The maximum absolute atomic E-state index is 13.0. The fourth-order valence-electron chi connectivity index (χ4n) is 3.05. The van der Waals surface area contributed by atoms with Gasteiger partial charge in [0.25, 0.3) is 0 Å². The maximum Gasteiger partial charge on any atom is 0.387 e. The van der Waals surface area contributed by atoms with Gasteiger partial charge in [0, 0.05) is 25.5 Å². The van der Waals surface area contributed by atoms with Gasteiger partial charge in [0.05, 0.1) is 24.0 Å². The zero-order chi connectivity index (χ0) is 19.2. The van der Waals surface area contributed by atoms with Crippen LogP contribution in [0.15, 0.2) is 36.8 Å². The van der Waals surface area contributed by atoms with E-state index >= 15 is 0 Å². The molecule has 3 aromatic rings. The van der Waals surface area contributed by atoms with Gasteiger partial charge in [-0.1, -0.05) is 0 Å². The van der Waals surface area contributed by atoms with E-state index < -0.39 is 12.2 Å². The third kappa shape index (κ3) is 3.32. The highest BCUT2D eigenvalue weighted by Crippen LogP contribution is 2.43. The van der Waals surface area contributed by atoms with Crippen molar-refractivity contribution in [3.8, 4) is 28.4 Å². The Kier molecular flexibility index (Phi) is 4.01. The molecule has 0 unspecified atom stereocenters. The van der Waals surface area contributed by atoms with Gasteiger partial charge in [-0.25, -0.2) is 4.68 Å². The van der Waals surface area contributed by atoms with E-state index in [0.29, 0.717) is 34.9 Å². The molecule has 1 N–H and O–H groups in total. The first kappa shape index (κ1) is 17.3. The van der Waals surface area contributed by atoms with Crippen LogP contribution in [0.1, 0.15) is 13.8 Å². The summed E-state index contributed by atoms with van der Waals surface area (Å²) in [5.74, 6) is 0.576. The fourth-order valence-corrected chi connectivity index (χ4v) is 3.05. The third-order valence-corrected chi connectivity index (χ3v) is 4.20. The summed E-state index contributed by atoms with van der Waals surface area (Å²) in [7, 11) is 1.75. The molecule has 0 aliphatic carbocycles. The van der Waals surface area contributed by atoms with Crippen molar-refractivity contribution in [3.63, 3.8) is 0 Å². The lowest BCUT2D eigenvalue weighted by Gasteiger charge is -2.34. The maximum atomic E-state index is 13.0. The minimum Gasteiger partial charge on any atom is -0.484 e. The fraction of sp³-hybridized carbons (Fsp3) is 0.333. The lowest BCUT2D eigenvalue weighted by atomic mass is 10.0. The SMILES string of the molecule is Cn1cc(-n2cccn2)c(-c2cc3c(cc2OC(F)F)NCC(C)(C)O3)n1. The van der Waals surface area contributed by atoms with Crippen LogP contribution in [0.4, 0.5) is 14.5 Å². The van der Waals surface area contributed by atoms with Gasteiger partial charge < -0.3 is 14.8 Å². The first-order chi connectivity index (χ1) is 12.8. The molecular formula is C18H19F2N5O2. The highest BCUT2D eigenvalue weighted by molar-refractivity contribution is 5.80. The van der Waals surface area contributed by atoms with Crippen LogP contribution >= 0.6 is 0 Å². The molecule has 0 saturated heterocycles. The number of alkyl halides is 2. The number of fused-ring (bicyclic) bond motifs is 1. The number of nitrogens with zero attached hydrogens (tertiary/aromatic N) is 4. The van der Waals surface area contributed by atoms with Crippen molar-refractivity contribution in [2.45, 2.75) is 26.1 Å². The molecular weight excluding hydrogens is 356 g/mol. The second-order valence-corrected chi connectivity index (χ2v) is 6.93. The van der Waals surface area contributed by atoms with Crippen LogP contribution in [0.25, 0.3) is 16.9 Å². The molecule has 0 fully saturated rings. The van der Waals surface area contributed by atoms with Crippen molar-refractivity contribution < 1.29 is 18.3 Å². The summed E-state index contributed by atoms with van der Waals surface area (Å²) in [6.07, 6.45) is 5.15. The molecule has 0 atom stereocenters. The first-order valence-corrected chi connectivity index (χ1v) is 8.42. The molecule has 1 aliphatic rings. The Balaban J connectivity index is 1.89. The van der Waals surface area contributed by atoms with Crippen molar-refractivity contribution in [3.05, 3.63) is 36.8 Å². The highest BCUT2D eigenvalue weighted by Gasteiger charge is 2.29. The summed E-state index contributed by atoms with van der Waals surface area (Å²) in [5.41, 5.74) is 1.69. The van der Waals surface area contributed by atoms with E-state index in [1.54, 1.807) is 47.1 Å². The zero-order valence-corrected chi connectivity index (χ0v) is 15.1. The van der Waals surface area contributed by atoms with Crippen LogP contribution in [0, 0.1) is 0 Å². The van der Waals surface area contributed by atoms with Crippen LogP contribution in [0.2, 0.25) is 0 Å². The second kappa shape index (κ2) is 6.26. The summed E-state index contributed by atoms with van der Waals surface area (Å²) in [6.45, 7) is 1.49. The van der Waals surface area contributed by atoms with Gasteiger partial charge in [0.1, 0.15) is 28.5 Å². The van der Waals surface area contributed by atoms with E-state index in [4.69, 9.17) is 9.47 Å². The molecule has 0 spiro atoms. The largest absolute Gasteiger partial charge is 0.484 e. The highest BCUT2D eigenvalue weighted by atomic mass is 19.3. The number of rotatable bonds is 4. The van der Waals surface area contributed by atoms with E-state index in [2.05, 4.69) is 15.5 Å². The van der Waals surface area contributed by atoms with Crippen LogP contribution in [-0.2, 0) is 7.05 Å². The van der Waals surface area contributed by atoms with E-state index in [-0.39, 0.29) is 5.75 Å². The predicted octanol–water partition coefficient (Wildman–Crippen LogP) is 3.46. The van der Waals surface area contributed by atoms with Crippen LogP contribution < -0.4 is 14.8 Å².